The highest BCUT2D eigenvalue weighted by Crippen LogP contribution is 2.28. The first kappa shape index (κ1) is 18.3. The van der Waals surface area contributed by atoms with Gasteiger partial charge in [-0.2, -0.15) is 5.10 Å². The maximum Gasteiger partial charge on any atom is 0.247 e. The fourth-order valence-corrected chi connectivity index (χ4v) is 3.27. The van der Waals surface area contributed by atoms with Crippen molar-refractivity contribution in [1.82, 2.24) is 20.4 Å². The lowest BCUT2D eigenvalue weighted by Crippen LogP contribution is -2.54. The van der Waals surface area contributed by atoms with E-state index >= 15 is 0 Å². The second-order valence-corrected chi connectivity index (χ2v) is 6.53. The van der Waals surface area contributed by atoms with Crippen LogP contribution in [-0.2, 0) is 16.1 Å². The van der Waals surface area contributed by atoms with Crippen molar-refractivity contribution < 1.29 is 13.9 Å². The average molecular weight is 361 g/mol. The number of benzene rings is 1. The minimum Gasteiger partial charge on any atom is -0.383 e. The van der Waals surface area contributed by atoms with Crippen LogP contribution in [0, 0.1) is 5.82 Å². The normalized spacial score (nSPS) is 20.2. The Bertz CT molecular complexity index is 724. The minimum atomic E-state index is -0.814. The lowest BCUT2D eigenvalue weighted by Gasteiger charge is -2.30. The molecule has 7 nitrogen and oxygen atoms in total. The Morgan fingerprint density at radius 1 is 1.50 bits per heavy atom. The van der Waals surface area contributed by atoms with Crippen molar-refractivity contribution in [2.24, 2.45) is 0 Å². The fraction of sp³-hybridized carbons (Fsp3) is 0.444. The second-order valence-electron chi connectivity index (χ2n) is 6.53. The Balaban J connectivity index is 1.74. The van der Waals surface area contributed by atoms with Crippen LogP contribution in [0.2, 0.25) is 0 Å². The molecule has 0 radical (unpaired) electrons. The summed E-state index contributed by atoms with van der Waals surface area (Å²) in [4.78, 5) is 15.1. The predicted octanol–water partition coefficient (Wildman–Crippen LogP) is 1.37. The molecule has 1 amide bonds. The zero-order valence-electron chi connectivity index (χ0n) is 14.8. The Kier molecular flexibility index (Phi) is 5.85. The monoisotopic (exact) mass is 361 g/mol. The number of aromatic nitrogens is 2. The molecule has 8 heteroatoms. The summed E-state index contributed by atoms with van der Waals surface area (Å²) in [6.45, 7) is 2.86. The molecule has 0 bridgehead atoms. The van der Waals surface area contributed by atoms with Gasteiger partial charge in [-0.05, 0) is 24.6 Å². The Hall–Kier alpha value is -2.45. The molecule has 0 saturated carbocycles. The van der Waals surface area contributed by atoms with Gasteiger partial charge in [0.2, 0.25) is 5.91 Å². The van der Waals surface area contributed by atoms with Gasteiger partial charge in [-0.15, -0.1) is 0 Å². The van der Waals surface area contributed by atoms with Gasteiger partial charge in [0, 0.05) is 50.7 Å². The number of halogens is 1. The number of likely N-dealkylation sites (tertiary alicyclic amines) is 1. The highest BCUT2D eigenvalue weighted by molar-refractivity contribution is 5.90. The number of aromatic amines is 1. The Labute approximate surface area is 151 Å². The van der Waals surface area contributed by atoms with E-state index in [1.807, 2.05) is 6.20 Å². The van der Waals surface area contributed by atoms with Crippen molar-refractivity contribution in [3.8, 4) is 0 Å². The number of hydrogen-bond acceptors (Lipinski definition) is 5. The van der Waals surface area contributed by atoms with Crippen LogP contribution in [0.25, 0.3) is 0 Å². The number of carbonyl (C=O) groups is 1. The van der Waals surface area contributed by atoms with E-state index in [9.17, 15) is 9.18 Å². The first-order valence-electron chi connectivity index (χ1n) is 8.62. The van der Waals surface area contributed by atoms with Gasteiger partial charge in [-0.25, -0.2) is 4.39 Å². The standard InChI is InChI=1S/C18H24FN5O2/c1-26-8-6-20-17(25)18(23-16-4-2-3-15(19)9-16)5-7-24(13-18)12-14-10-21-22-11-14/h2-4,9-11,23H,5-8,12-13H2,1H3,(H,20,25)(H,21,22). The maximum atomic E-state index is 13.6. The van der Waals surface area contributed by atoms with Gasteiger partial charge in [0.1, 0.15) is 11.4 Å². The zero-order chi connectivity index (χ0) is 18.4. The molecule has 3 N–H and O–H groups in total. The van der Waals surface area contributed by atoms with Gasteiger partial charge in [0.25, 0.3) is 0 Å². The molecule has 26 heavy (non-hydrogen) atoms. The number of methoxy groups -OCH3 is 1. The molecule has 1 saturated heterocycles. The van der Waals surface area contributed by atoms with Gasteiger partial charge in [-0.3, -0.25) is 14.8 Å². The number of hydrogen-bond donors (Lipinski definition) is 3. The van der Waals surface area contributed by atoms with Crippen LogP contribution < -0.4 is 10.6 Å². The van der Waals surface area contributed by atoms with Gasteiger partial charge >= 0.3 is 0 Å². The van der Waals surface area contributed by atoms with Gasteiger partial charge in [-0.1, -0.05) is 6.07 Å². The molecule has 1 unspecified atom stereocenters. The first-order chi connectivity index (χ1) is 12.6. The molecule has 0 aliphatic carbocycles. The van der Waals surface area contributed by atoms with E-state index in [4.69, 9.17) is 4.74 Å². The molecule has 1 aliphatic rings. The van der Waals surface area contributed by atoms with E-state index in [0.29, 0.717) is 38.3 Å². The van der Waals surface area contributed by atoms with E-state index in [0.717, 1.165) is 12.1 Å². The molecular weight excluding hydrogens is 337 g/mol. The van der Waals surface area contributed by atoms with Crippen molar-refractivity contribution in [2.45, 2.75) is 18.5 Å². The van der Waals surface area contributed by atoms with E-state index in [2.05, 4.69) is 25.7 Å². The first-order valence-corrected chi connectivity index (χ1v) is 8.62. The van der Waals surface area contributed by atoms with Crippen LogP contribution in [0.3, 0.4) is 0 Å². The van der Waals surface area contributed by atoms with Crippen LogP contribution in [0.15, 0.2) is 36.7 Å². The summed E-state index contributed by atoms with van der Waals surface area (Å²) in [5.74, 6) is -0.438. The summed E-state index contributed by atoms with van der Waals surface area (Å²) < 4.78 is 18.6. The van der Waals surface area contributed by atoms with Crippen LogP contribution >= 0.6 is 0 Å². The number of nitrogens with zero attached hydrogens (tertiary/aromatic N) is 2. The van der Waals surface area contributed by atoms with E-state index in [-0.39, 0.29) is 11.7 Å². The van der Waals surface area contributed by atoms with Crippen LogP contribution in [0.5, 0.6) is 0 Å². The van der Waals surface area contributed by atoms with Crippen molar-refractivity contribution in [3.63, 3.8) is 0 Å². The number of rotatable bonds is 8. The summed E-state index contributed by atoms with van der Waals surface area (Å²) in [6, 6.07) is 6.19. The number of carbonyl (C=O) groups excluding carboxylic acids is 1. The number of amides is 1. The highest BCUT2D eigenvalue weighted by atomic mass is 19.1. The number of nitrogens with one attached hydrogen (secondary N) is 3. The highest BCUT2D eigenvalue weighted by Gasteiger charge is 2.44. The maximum absolute atomic E-state index is 13.6. The van der Waals surface area contributed by atoms with Crippen molar-refractivity contribution in [3.05, 3.63) is 48.0 Å². The molecule has 2 heterocycles. The van der Waals surface area contributed by atoms with Gasteiger partial charge < -0.3 is 15.4 Å². The summed E-state index contributed by atoms with van der Waals surface area (Å²) in [7, 11) is 1.59. The number of ether oxygens (including phenoxy) is 1. The largest absolute Gasteiger partial charge is 0.383 e. The quantitative estimate of drug-likeness (QED) is 0.619. The molecule has 1 aliphatic heterocycles. The Morgan fingerprint density at radius 2 is 2.38 bits per heavy atom. The van der Waals surface area contributed by atoms with Crippen LogP contribution in [-0.4, -0.2) is 59.9 Å². The molecule has 140 valence electrons. The minimum absolute atomic E-state index is 0.103. The number of anilines is 1. The van der Waals surface area contributed by atoms with Crippen molar-refractivity contribution >= 4 is 11.6 Å². The molecule has 1 atom stereocenters. The summed E-state index contributed by atoms with van der Waals surface area (Å²) in [6.07, 6.45) is 4.25. The SMILES string of the molecule is COCCNC(=O)C1(Nc2cccc(F)c2)CCN(Cc2cn[nH]c2)C1. The van der Waals surface area contributed by atoms with E-state index in [1.165, 1.54) is 12.1 Å². The molecule has 2 aromatic rings. The molecule has 1 aromatic heterocycles. The molecular formula is C18H24FN5O2. The van der Waals surface area contributed by atoms with Crippen molar-refractivity contribution in [2.75, 3.05) is 38.7 Å². The molecule has 3 rings (SSSR count). The molecule has 1 aromatic carbocycles. The third-order valence-electron chi connectivity index (χ3n) is 4.54. The fourth-order valence-electron chi connectivity index (χ4n) is 3.27. The predicted molar refractivity (Wildman–Crippen MR) is 96.1 cm³/mol. The third-order valence-corrected chi connectivity index (χ3v) is 4.54. The van der Waals surface area contributed by atoms with Crippen LogP contribution in [0.1, 0.15) is 12.0 Å². The van der Waals surface area contributed by atoms with E-state index < -0.39 is 5.54 Å². The smallest absolute Gasteiger partial charge is 0.247 e. The number of H-pyrrole nitrogens is 1. The molecule has 0 spiro atoms. The van der Waals surface area contributed by atoms with Crippen molar-refractivity contribution in [1.29, 1.82) is 0 Å². The zero-order valence-corrected chi connectivity index (χ0v) is 14.8. The topological polar surface area (TPSA) is 82.3 Å². The lowest BCUT2D eigenvalue weighted by atomic mass is 9.96. The summed E-state index contributed by atoms with van der Waals surface area (Å²) >= 11 is 0. The molecule has 1 fully saturated rings. The van der Waals surface area contributed by atoms with E-state index in [1.54, 1.807) is 25.4 Å². The summed E-state index contributed by atoms with van der Waals surface area (Å²) in [5, 5.41) is 13.0. The third kappa shape index (κ3) is 4.39. The van der Waals surface area contributed by atoms with Gasteiger partial charge in [0.05, 0.1) is 12.8 Å². The second kappa shape index (κ2) is 8.29. The lowest BCUT2D eigenvalue weighted by molar-refractivity contribution is -0.125. The Morgan fingerprint density at radius 3 is 3.12 bits per heavy atom. The van der Waals surface area contributed by atoms with Crippen LogP contribution in [0.4, 0.5) is 10.1 Å². The van der Waals surface area contributed by atoms with Gasteiger partial charge in [0.15, 0.2) is 0 Å². The average Bonchev–Trinajstić information content (AvgIpc) is 3.26. The summed E-state index contributed by atoms with van der Waals surface area (Å²) in [5.41, 5.74) is 0.842.